The lowest BCUT2D eigenvalue weighted by molar-refractivity contribution is -0.131. The molecule has 0 spiro atoms. The van der Waals surface area contributed by atoms with E-state index in [0.717, 1.165) is 5.56 Å². The first-order chi connectivity index (χ1) is 9.95. The van der Waals surface area contributed by atoms with Crippen LogP contribution in [-0.2, 0) is 4.79 Å². The van der Waals surface area contributed by atoms with Crippen LogP contribution >= 0.6 is 11.6 Å². The number of carbonyl (C=O) groups excluding carboxylic acids is 2. The molecule has 1 N–H and O–H groups in total. The molecule has 0 aliphatic heterocycles. The summed E-state index contributed by atoms with van der Waals surface area (Å²) < 4.78 is 4.96. The number of nitrogens with one attached hydrogen (secondary N) is 1. The molecule has 21 heavy (non-hydrogen) atoms. The average Bonchev–Trinajstić information content (AvgIpc) is 2.41. The summed E-state index contributed by atoms with van der Waals surface area (Å²) in [6.45, 7) is 3.17. The molecular weight excluding hydrogens is 290 g/mol. The summed E-state index contributed by atoms with van der Waals surface area (Å²) in [5.41, 5.74) is 1.96. The number of ether oxygens (including phenoxy) is 1. The highest BCUT2D eigenvalue weighted by atomic mass is 35.5. The van der Waals surface area contributed by atoms with Crippen molar-refractivity contribution in [3.8, 4) is 5.75 Å². The molecule has 0 radical (unpaired) electrons. The number of aryl methyl sites for hydroxylation is 1. The zero-order valence-electron chi connectivity index (χ0n) is 11.6. The lowest BCUT2D eigenvalue weighted by Gasteiger charge is -2.09. The number of amides is 1. The number of anilines is 1. The van der Waals surface area contributed by atoms with Crippen molar-refractivity contribution in [2.45, 2.75) is 13.8 Å². The van der Waals surface area contributed by atoms with Gasteiger partial charge in [0.15, 0.2) is 0 Å². The molecule has 0 heterocycles. The Morgan fingerprint density at radius 1 is 1.14 bits per heavy atom. The standard InChI is InChI=1S/C16H14ClNO3/c1-10-8-13(17)6-7-15(10)18-16(20)12-4-3-5-14(9-12)21-11(2)19/h3-9H,1-2H3,(H,18,20). The second-order valence-electron chi connectivity index (χ2n) is 4.53. The zero-order chi connectivity index (χ0) is 15.4. The van der Waals surface area contributed by atoms with Crippen molar-refractivity contribution in [2.75, 3.05) is 5.32 Å². The molecule has 0 bridgehead atoms. The quantitative estimate of drug-likeness (QED) is 0.692. The van der Waals surface area contributed by atoms with Crippen molar-refractivity contribution in [2.24, 2.45) is 0 Å². The van der Waals surface area contributed by atoms with E-state index in [1.807, 2.05) is 6.92 Å². The summed E-state index contributed by atoms with van der Waals surface area (Å²) in [5.74, 6) is -0.376. The van der Waals surface area contributed by atoms with Crippen molar-refractivity contribution in [1.29, 1.82) is 0 Å². The second-order valence-corrected chi connectivity index (χ2v) is 4.97. The topological polar surface area (TPSA) is 55.4 Å². The van der Waals surface area contributed by atoms with Crippen LogP contribution in [0.5, 0.6) is 5.75 Å². The number of hydrogen-bond acceptors (Lipinski definition) is 3. The van der Waals surface area contributed by atoms with E-state index < -0.39 is 5.97 Å². The number of esters is 1. The van der Waals surface area contributed by atoms with Gasteiger partial charge in [-0.05, 0) is 48.9 Å². The summed E-state index contributed by atoms with van der Waals surface area (Å²) in [4.78, 5) is 23.1. The van der Waals surface area contributed by atoms with Crippen LogP contribution in [0.4, 0.5) is 5.69 Å². The van der Waals surface area contributed by atoms with Crippen LogP contribution in [0.2, 0.25) is 5.02 Å². The number of carbonyl (C=O) groups is 2. The predicted molar refractivity (Wildman–Crippen MR) is 81.9 cm³/mol. The highest BCUT2D eigenvalue weighted by molar-refractivity contribution is 6.30. The summed E-state index contributed by atoms with van der Waals surface area (Å²) >= 11 is 5.88. The van der Waals surface area contributed by atoms with Gasteiger partial charge in [0.05, 0.1) is 0 Å². The van der Waals surface area contributed by atoms with Gasteiger partial charge in [-0.1, -0.05) is 17.7 Å². The Morgan fingerprint density at radius 2 is 1.90 bits per heavy atom. The largest absolute Gasteiger partial charge is 0.427 e. The Balaban J connectivity index is 2.18. The Kier molecular flexibility index (Phi) is 4.60. The van der Waals surface area contributed by atoms with E-state index in [4.69, 9.17) is 16.3 Å². The van der Waals surface area contributed by atoms with E-state index in [1.54, 1.807) is 36.4 Å². The van der Waals surface area contributed by atoms with Gasteiger partial charge in [-0.15, -0.1) is 0 Å². The molecule has 2 aromatic rings. The molecule has 0 saturated carbocycles. The minimum Gasteiger partial charge on any atom is -0.427 e. The van der Waals surface area contributed by atoms with E-state index >= 15 is 0 Å². The minimum absolute atomic E-state index is 0.283. The molecule has 2 rings (SSSR count). The van der Waals surface area contributed by atoms with Gasteiger partial charge in [0.2, 0.25) is 0 Å². The maximum atomic E-state index is 12.2. The molecular formula is C16H14ClNO3. The van der Waals surface area contributed by atoms with Gasteiger partial charge >= 0.3 is 5.97 Å². The second kappa shape index (κ2) is 6.41. The summed E-state index contributed by atoms with van der Waals surface area (Å²) in [6, 6.07) is 11.7. The van der Waals surface area contributed by atoms with E-state index in [2.05, 4.69) is 5.32 Å². The Bertz CT molecular complexity index is 698. The molecule has 0 aliphatic carbocycles. The molecule has 0 saturated heterocycles. The van der Waals surface area contributed by atoms with Gasteiger partial charge in [-0.25, -0.2) is 0 Å². The molecule has 0 aliphatic rings. The summed E-state index contributed by atoms with van der Waals surface area (Å²) in [5, 5.41) is 3.41. The maximum Gasteiger partial charge on any atom is 0.308 e. The summed E-state index contributed by atoms with van der Waals surface area (Å²) in [6.07, 6.45) is 0. The normalized spacial score (nSPS) is 10.0. The average molecular weight is 304 g/mol. The predicted octanol–water partition coefficient (Wildman–Crippen LogP) is 3.83. The van der Waals surface area contributed by atoms with Crippen LogP contribution in [0, 0.1) is 6.92 Å². The van der Waals surface area contributed by atoms with Crippen molar-refractivity contribution >= 4 is 29.2 Å². The van der Waals surface area contributed by atoms with E-state index in [-0.39, 0.29) is 5.91 Å². The number of benzene rings is 2. The molecule has 0 fully saturated rings. The van der Waals surface area contributed by atoms with Gasteiger partial charge in [0, 0.05) is 23.2 Å². The number of hydrogen-bond donors (Lipinski definition) is 1. The Labute approximate surface area is 127 Å². The molecule has 0 atom stereocenters. The van der Waals surface area contributed by atoms with Crippen molar-refractivity contribution < 1.29 is 14.3 Å². The van der Waals surface area contributed by atoms with Gasteiger partial charge in [-0.2, -0.15) is 0 Å². The van der Waals surface area contributed by atoms with Gasteiger partial charge in [0.1, 0.15) is 5.75 Å². The molecule has 5 heteroatoms. The monoisotopic (exact) mass is 303 g/mol. The highest BCUT2D eigenvalue weighted by Crippen LogP contribution is 2.21. The van der Waals surface area contributed by atoms with Crippen LogP contribution in [-0.4, -0.2) is 11.9 Å². The van der Waals surface area contributed by atoms with Crippen LogP contribution in [0.1, 0.15) is 22.8 Å². The fourth-order valence-electron chi connectivity index (χ4n) is 1.83. The van der Waals surface area contributed by atoms with Crippen LogP contribution < -0.4 is 10.1 Å². The van der Waals surface area contributed by atoms with Crippen molar-refractivity contribution in [3.05, 3.63) is 58.6 Å². The van der Waals surface area contributed by atoms with E-state index in [1.165, 1.54) is 13.0 Å². The van der Waals surface area contributed by atoms with Gasteiger partial charge in [-0.3, -0.25) is 9.59 Å². The molecule has 2 aromatic carbocycles. The van der Waals surface area contributed by atoms with E-state index in [0.29, 0.717) is 22.0 Å². The Hall–Kier alpha value is -2.33. The van der Waals surface area contributed by atoms with Crippen LogP contribution in [0.25, 0.3) is 0 Å². The number of rotatable bonds is 3. The maximum absolute atomic E-state index is 12.2. The first-order valence-electron chi connectivity index (χ1n) is 6.31. The van der Waals surface area contributed by atoms with Gasteiger partial charge in [0.25, 0.3) is 5.91 Å². The lowest BCUT2D eigenvalue weighted by Crippen LogP contribution is -2.13. The SMILES string of the molecule is CC(=O)Oc1cccc(C(=O)Nc2ccc(Cl)cc2C)c1. The molecule has 108 valence electrons. The zero-order valence-corrected chi connectivity index (χ0v) is 12.4. The number of halogens is 1. The summed E-state index contributed by atoms with van der Waals surface area (Å²) in [7, 11) is 0. The first-order valence-corrected chi connectivity index (χ1v) is 6.69. The third-order valence-electron chi connectivity index (χ3n) is 2.79. The van der Waals surface area contributed by atoms with E-state index in [9.17, 15) is 9.59 Å². The third kappa shape index (κ3) is 4.07. The van der Waals surface area contributed by atoms with Crippen molar-refractivity contribution in [1.82, 2.24) is 0 Å². The lowest BCUT2D eigenvalue weighted by atomic mass is 10.1. The van der Waals surface area contributed by atoms with Crippen molar-refractivity contribution in [3.63, 3.8) is 0 Å². The first kappa shape index (κ1) is 15.1. The molecule has 1 amide bonds. The van der Waals surface area contributed by atoms with Gasteiger partial charge < -0.3 is 10.1 Å². The minimum atomic E-state index is -0.430. The molecule has 0 unspecified atom stereocenters. The Morgan fingerprint density at radius 3 is 2.57 bits per heavy atom. The molecule has 4 nitrogen and oxygen atoms in total. The fourth-order valence-corrected chi connectivity index (χ4v) is 2.06. The smallest absolute Gasteiger partial charge is 0.308 e. The fraction of sp³-hybridized carbons (Fsp3) is 0.125. The van der Waals surface area contributed by atoms with Crippen LogP contribution in [0.15, 0.2) is 42.5 Å². The third-order valence-corrected chi connectivity index (χ3v) is 3.03. The van der Waals surface area contributed by atoms with Crippen LogP contribution in [0.3, 0.4) is 0 Å². The molecule has 0 aromatic heterocycles. The highest BCUT2D eigenvalue weighted by Gasteiger charge is 2.09.